The molecule has 0 atom stereocenters. The lowest BCUT2D eigenvalue weighted by molar-refractivity contribution is -0.115. The van der Waals surface area contributed by atoms with Gasteiger partial charge >= 0.3 is 0 Å². The van der Waals surface area contributed by atoms with E-state index in [4.69, 9.17) is 4.74 Å². The van der Waals surface area contributed by atoms with E-state index in [1.807, 2.05) is 18.2 Å². The number of hydrogen-bond acceptors (Lipinski definition) is 5. The molecule has 148 valence electrons. The Balaban J connectivity index is 1.28. The van der Waals surface area contributed by atoms with Crippen LogP contribution >= 0.6 is 23.1 Å². The molecule has 0 spiro atoms. The topological polar surface area (TPSA) is 55.4 Å². The number of amides is 2. The molecule has 0 bridgehead atoms. The molecule has 1 aromatic heterocycles. The molecule has 1 N–H and O–H groups in total. The van der Waals surface area contributed by atoms with E-state index < -0.39 is 0 Å². The van der Waals surface area contributed by atoms with Gasteiger partial charge in [-0.25, -0.2) is 0 Å². The number of fused-ring (bicyclic) bond motifs is 1. The quantitative estimate of drug-likeness (QED) is 0.353. The van der Waals surface area contributed by atoms with Crippen LogP contribution in [0.2, 0.25) is 0 Å². The molecule has 4 rings (SSSR count). The van der Waals surface area contributed by atoms with Crippen molar-refractivity contribution in [1.82, 2.24) is 5.32 Å². The first-order chi connectivity index (χ1) is 14.2. The molecule has 0 saturated carbocycles. The van der Waals surface area contributed by atoms with Crippen LogP contribution in [0.25, 0.3) is 10.8 Å². The highest BCUT2D eigenvalue weighted by molar-refractivity contribution is 8.18. The Morgan fingerprint density at radius 3 is 2.66 bits per heavy atom. The number of thiophene rings is 1. The average Bonchev–Trinajstić information content (AvgIpc) is 3.35. The van der Waals surface area contributed by atoms with Crippen molar-refractivity contribution in [3.8, 4) is 5.75 Å². The van der Waals surface area contributed by atoms with Gasteiger partial charge in [0.05, 0.1) is 4.91 Å². The largest absolute Gasteiger partial charge is 0.488 e. The van der Waals surface area contributed by atoms with Gasteiger partial charge < -0.3 is 4.74 Å². The maximum absolute atomic E-state index is 11.5. The molecule has 2 amide bonds. The number of nitrogens with one attached hydrogen (secondary N) is 1. The number of carbonyl (C=O) groups is 2. The number of imide groups is 1. The first-order valence-corrected chi connectivity index (χ1v) is 11.3. The van der Waals surface area contributed by atoms with Crippen molar-refractivity contribution in [2.45, 2.75) is 32.3 Å². The summed E-state index contributed by atoms with van der Waals surface area (Å²) >= 11 is 2.69. The molecule has 0 aliphatic carbocycles. The Kier molecular flexibility index (Phi) is 6.32. The fourth-order valence-corrected chi connectivity index (χ4v) is 4.54. The first kappa shape index (κ1) is 19.7. The summed E-state index contributed by atoms with van der Waals surface area (Å²) in [7, 11) is 0. The highest BCUT2D eigenvalue weighted by atomic mass is 32.2. The SMILES string of the molecule is O=C1NC(=O)C(=CCCCCc2ccc3cc(OCc4cccs4)ccc3c2)S1. The van der Waals surface area contributed by atoms with Crippen LogP contribution in [-0.4, -0.2) is 11.1 Å². The van der Waals surface area contributed by atoms with E-state index in [-0.39, 0.29) is 11.1 Å². The molecule has 29 heavy (non-hydrogen) atoms. The molecule has 1 fully saturated rings. The molecule has 2 heterocycles. The van der Waals surface area contributed by atoms with Gasteiger partial charge in [-0.1, -0.05) is 36.4 Å². The van der Waals surface area contributed by atoms with Crippen molar-refractivity contribution in [1.29, 1.82) is 0 Å². The van der Waals surface area contributed by atoms with Crippen LogP contribution in [0.15, 0.2) is 64.9 Å². The van der Waals surface area contributed by atoms with Crippen LogP contribution in [0.1, 0.15) is 29.7 Å². The smallest absolute Gasteiger partial charge is 0.290 e. The molecule has 3 aromatic rings. The summed E-state index contributed by atoms with van der Waals surface area (Å²) in [5.41, 5.74) is 1.31. The van der Waals surface area contributed by atoms with Crippen molar-refractivity contribution >= 4 is 45.0 Å². The van der Waals surface area contributed by atoms with E-state index in [9.17, 15) is 9.59 Å². The van der Waals surface area contributed by atoms with Gasteiger partial charge in [0.2, 0.25) is 0 Å². The number of allylic oxidation sites excluding steroid dienone is 1. The average molecular weight is 424 g/mol. The van der Waals surface area contributed by atoms with E-state index in [0.29, 0.717) is 11.5 Å². The molecular weight excluding hydrogens is 402 g/mol. The first-order valence-electron chi connectivity index (χ1n) is 9.58. The minimum absolute atomic E-state index is 0.270. The van der Waals surface area contributed by atoms with E-state index in [2.05, 4.69) is 47.1 Å². The zero-order chi connectivity index (χ0) is 20.1. The molecule has 6 heteroatoms. The number of benzene rings is 2. The van der Waals surface area contributed by atoms with Crippen LogP contribution < -0.4 is 10.1 Å². The minimum Gasteiger partial charge on any atom is -0.488 e. The fourth-order valence-electron chi connectivity index (χ4n) is 3.23. The zero-order valence-electron chi connectivity index (χ0n) is 15.9. The van der Waals surface area contributed by atoms with Gasteiger partial charge in [-0.3, -0.25) is 14.9 Å². The molecule has 0 unspecified atom stereocenters. The number of unbranched alkanes of at least 4 members (excludes halogenated alkanes) is 2. The summed E-state index contributed by atoms with van der Waals surface area (Å²) in [6.45, 7) is 0.603. The zero-order valence-corrected chi connectivity index (χ0v) is 17.5. The Morgan fingerprint density at radius 2 is 1.86 bits per heavy atom. The summed E-state index contributed by atoms with van der Waals surface area (Å²) < 4.78 is 5.89. The third-order valence-electron chi connectivity index (χ3n) is 4.73. The lowest BCUT2D eigenvalue weighted by Crippen LogP contribution is -2.17. The van der Waals surface area contributed by atoms with Crippen molar-refractivity contribution < 1.29 is 14.3 Å². The van der Waals surface area contributed by atoms with Gasteiger partial charge in [-0.15, -0.1) is 11.3 Å². The van der Waals surface area contributed by atoms with Crippen molar-refractivity contribution in [3.63, 3.8) is 0 Å². The fraction of sp³-hybridized carbons (Fsp3) is 0.217. The third-order valence-corrected chi connectivity index (χ3v) is 6.44. The monoisotopic (exact) mass is 423 g/mol. The van der Waals surface area contributed by atoms with Crippen molar-refractivity contribution in [3.05, 3.63) is 75.3 Å². The second-order valence-electron chi connectivity index (χ2n) is 6.87. The number of thioether (sulfide) groups is 1. The summed E-state index contributed by atoms with van der Waals surface area (Å²) in [4.78, 5) is 24.4. The number of ether oxygens (including phenoxy) is 1. The van der Waals surface area contributed by atoms with Gasteiger partial charge in [-0.2, -0.15) is 0 Å². The molecule has 1 aliphatic rings. The van der Waals surface area contributed by atoms with Crippen LogP contribution in [0.5, 0.6) is 5.75 Å². The van der Waals surface area contributed by atoms with Crippen LogP contribution in [-0.2, 0) is 17.8 Å². The standard InChI is InChI=1S/C23H21NO3S2/c25-22-21(29-23(26)24-22)7-3-1-2-5-16-8-9-18-14-19(11-10-17(18)13-16)27-15-20-6-4-12-28-20/h4,6-14H,1-3,5,15H2,(H,24,25,26). The van der Waals surface area contributed by atoms with Gasteiger partial charge in [0.15, 0.2) is 0 Å². The lowest BCUT2D eigenvalue weighted by atomic mass is 10.0. The molecule has 2 aromatic carbocycles. The number of aryl methyl sites for hydroxylation is 1. The van der Waals surface area contributed by atoms with Crippen molar-refractivity contribution in [2.75, 3.05) is 0 Å². The molecule has 1 saturated heterocycles. The summed E-state index contributed by atoms with van der Waals surface area (Å²) in [5, 5.41) is 6.45. The van der Waals surface area contributed by atoms with Gasteiger partial charge in [0.25, 0.3) is 11.1 Å². The van der Waals surface area contributed by atoms with E-state index in [1.54, 1.807) is 11.3 Å². The predicted octanol–water partition coefficient (Wildman–Crippen LogP) is 6.06. The number of rotatable bonds is 8. The molecule has 4 nitrogen and oxygen atoms in total. The Bertz CT molecular complexity index is 1060. The second-order valence-corrected chi connectivity index (χ2v) is 8.92. The maximum atomic E-state index is 11.5. The lowest BCUT2D eigenvalue weighted by Gasteiger charge is -2.08. The molecule has 0 radical (unpaired) electrons. The number of carbonyl (C=O) groups excluding carboxylic acids is 2. The van der Waals surface area contributed by atoms with Crippen LogP contribution in [0.4, 0.5) is 4.79 Å². The maximum Gasteiger partial charge on any atom is 0.290 e. The van der Waals surface area contributed by atoms with Crippen LogP contribution in [0.3, 0.4) is 0 Å². The minimum atomic E-state index is -0.280. The highest BCUT2D eigenvalue weighted by Gasteiger charge is 2.24. The Labute approximate surface area is 178 Å². The van der Waals surface area contributed by atoms with Gasteiger partial charge in [0.1, 0.15) is 12.4 Å². The van der Waals surface area contributed by atoms with E-state index >= 15 is 0 Å². The Hall–Kier alpha value is -2.57. The van der Waals surface area contributed by atoms with Crippen molar-refractivity contribution in [2.24, 2.45) is 0 Å². The second kappa shape index (κ2) is 9.29. The highest BCUT2D eigenvalue weighted by Crippen LogP contribution is 2.25. The number of hydrogen-bond donors (Lipinski definition) is 1. The summed E-state index contributed by atoms with van der Waals surface area (Å²) in [5.74, 6) is 0.618. The van der Waals surface area contributed by atoms with Crippen LogP contribution in [0, 0.1) is 0 Å². The van der Waals surface area contributed by atoms with Gasteiger partial charge in [-0.05, 0) is 77.4 Å². The van der Waals surface area contributed by atoms with Gasteiger partial charge in [0, 0.05) is 4.88 Å². The predicted molar refractivity (Wildman–Crippen MR) is 119 cm³/mol. The summed E-state index contributed by atoms with van der Waals surface area (Å²) in [6.07, 6.45) is 5.69. The summed E-state index contributed by atoms with van der Waals surface area (Å²) in [6, 6.07) is 16.9. The van der Waals surface area contributed by atoms with E-state index in [0.717, 1.165) is 43.2 Å². The van der Waals surface area contributed by atoms with E-state index in [1.165, 1.54) is 21.2 Å². The molecule has 1 aliphatic heterocycles. The molecular formula is C23H21NO3S2. The third kappa shape index (κ3) is 5.28. The Morgan fingerprint density at radius 1 is 1.00 bits per heavy atom. The normalized spacial score (nSPS) is 15.2.